The highest BCUT2D eigenvalue weighted by molar-refractivity contribution is 6.10. The Morgan fingerprint density at radius 1 is 0.400 bits per heavy atom. The Kier molecular flexibility index (Phi) is 5.76. The monoisotopic (exact) mass is 575 g/mol. The van der Waals surface area contributed by atoms with E-state index in [2.05, 4.69) is 180 Å². The minimum atomic E-state index is -0.516. The molecule has 2 nitrogen and oxygen atoms in total. The minimum Gasteiger partial charge on any atom is -0.457 e. The van der Waals surface area contributed by atoms with Crippen LogP contribution in [0.4, 0.5) is 0 Å². The summed E-state index contributed by atoms with van der Waals surface area (Å²) in [4.78, 5) is 0. The molecule has 9 rings (SSSR count). The first-order chi connectivity index (χ1) is 22.3. The maximum Gasteiger partial charge on any atom is 0.132 e. The Labute approximate surface area is 262 Å². The van der Waals surface area contributed by atoms with Crippen LogP contribution in [-0.4, -0.2) is 4.57 Å². The molecule has 0 bridgehead atoms. The van der Waals surface area contributed by atoms with Gasteiger partial charge in [-0.05, 0) is 64.7 Å². The molecular weight excluding hydrogens is 546 g/mol. The zero-order valence-electron chi connectivity index (χ0n) is 24.6. The third-order valence-corrected chi connectivity index (χ3v) is 9.35. The van der Waals surface area contributed by atoms with E-state index in [0.717, 1.165) is 22.6 Å². The third kappa shape index (κ3) is 3.82. The molecule has 1 aliphatic heterocycles. The van der Waals surface area contributed by atoms with Crippen molar-refractivity contribution in [1.82, 2.24) is 4.57 Å². The Balaban J connectivity index is 1.23. The molecule has 1 aliphatic rings. The number of aromatic nitrogens is 1. The van der Waals surface area contributed by atoms with Gasteiger partial charge in [0.05, 0.1) is 16.4 Å². The van der Waals surface area contributed by atoms with Crippen LogP contribution in [-0.2, 0) is 5.41 Å². The van der Waals surface area contributed by atoms with Crippen LogP contribution in [0.5, 0.6) is 11.5 Å². The summed E-state index contributed by atoms with van der Waals surface area (Å²) >= 11 is 0. The lowest BCUT2D eigenvalue weighted by Crippen LogP contribution is -2.34. The Bertz CT molecular complexity index is 2290. The van der Waals surface area contributed by atoms with Crippen molar-refractivity contribution >= 4 is 21.8 Å². The number of para-hydroxylation sites is 4. The lowest BCUT2D eigenvalue weighted by atomic mass is 9.63. The number of nitrogens with zero attached hydrogens (tertiary/aromatic N) is 1. The molecule has 1 aromatic heterocycles. The van der Waals surface area contributed by atoms with E-state index < -0.39 is 5.41 Å². The molecular formula is C43H29NO. The highest BCUT2D eigenvalue weighted by atomic mass is 16.5. The molecule has 45 heavy (non-hydrogen) atoms. The van der Waals surface area contributed by atoms with Crippen molar-refractivity contribution in [1.29, 1.82) is 0 Å². The van der Waals surface area contributed by atoms with Crippen LogP contribution in [0.3, 0.4) is 0 Å². The normalized spacial score (nSPS) is 13.2. The second-order valence-corrected chi connectivity index (χ2v) is 11.7. The van der Waals surface area contributed by atoms with Crippen molar-refractivity contribution in [2.24, 2.45) is 0 Å². The van der Waals surface area contributed by atoms with Crippen LogP contribution in [0.25, 0.3) is 38.6 Å². The number of benzene rings is 7. The number of fused-ring (bicyclic) bond motifs is 5. The maximum atomic E-state index is 6.48. The van der Waals surface area contributed by atoms with Crippen LogP contribution < -0.4 is 4.74 Å². The van der Waals surface area contributed by atoms with Crippen LogP contribution in [0, 0.1) is 0 Å². The van der Waals surface area contributed by atoms with E-state index in [9.17, 15) is 0 Å². The van der Waals surface area contributed by atoms with E-state index in [1.54, 1.807) is 0 Å². The van der Waals surface area contributed by atoms with E-state index in [1.807, 2.05) is 0 Å². The molecule has 212 valence electrons. The van der Waals surface area contributed by atoms with Gasteiger partial charge in [-0.2, -0.15) is 0 Å². The van der Waals surface area contributed by atoms with E-state index >= 15 is 0 Å². The summed E-state index contributed by atoms with van der Waals surface area (Å²) in [7, 11) is 0. The zero-order valence-corrected chi connectivity index (χ0v) is 24.6. The molecule has 0 amide bonds. The van der Waals surface area contributed by atoms with Gasteiger partial charge in [0, 0.05) is 27.6 Å². The highest BCUT2D eigenvalue weighted by Gasteiger charge is 2.45. The predicted octanol–water partition coefficient (Wildman–Crippen LogP) is 10.9. The summed E-state index contributed by atoms with van der Waals surface area (Å²) in [6.45, 7) is 0. The van der Waals surface area contributed by atoms with Gasteiger partial charge in [-0.1, -0.05) is 133 Å². The summed E-state index contributed by atoms with van der Waals surface area (Å²) in [5, 5.41) is 2.51. The molecule has 0 atom stereocenters. The summed E-state index contributed by atoms with van der Waals surface area (Å²) in [6, 6.07) is 63.1. The van der Waals surface area contributed by atoms with Crippen molar-refractivity contribution in [2.75, 3.05) is 0 Å². The van der Waals surface area contributed by atoms with Gasteiger partial charge < -0.3 is 9.30 Å². The van der Waals surface area contributed by atoms with Crippen molar-refractivity contribution in [3.05, 3.63) is 198 Å². The lowest BCUT2D eigenvalue weighted by Gasteiger charge is -2.41. The van der Waals surface area contributed by atoms with Gasteiger partial charge in [-0.3, -0.25) is 0 Å². The molecule has 0 saturated heterocycles. The molecule has 0 saturated carbocycles. The van der Waals surface area contributed by atoms with Crippen molar-refractivity contribution in [3.8, 4) is 28.3 Å². The summed E-state index contributed by atoms with van der Waals surface area (Å²) < 4.78 is 8.84. The summed E-state index contributed by atoms with van der Waals surface area (Å²) in [6.07, 6.45) is 0. The average molecular weight is 576 g/mol. The predicted molar refractivity (Wildman–Crippen MR) is 185 cm³/mol. The molecule has 2 heteroatoms. The largest absolute Gasteiger partial charge is 0.457 e. The SMILES string of the molecule is c1ccc(-n2c3ccccc3c3cc(-c4ccc(C5(c6ccccc6)c6ccccc6Oc6ccccc65)cc4)ccc32)cc1. The molecule has 0 unspecified atom stereocenters. The van der Waals surface area contributed by atoms with E-state index in [1.165, 1.54) is 49.7 Å². The number of rotatable bonds is 4. The van der Waals surface area contributed by atoms with E-state index in [4.69, 9.17) is 4.74 Å². The fraction of sp³-hybridized carbons (Fsp3) is 0.0233. The quantitative estimate of drug-likeness (QED) is 0.204. The standard InChI is InChI=1S/C43H29NO/c1-3-13-32(14-4-1)43(37-18-8-11-21-41(37)45-42-22-12-9-19-38(42)43)33-26-23-30(24-27-33)31-25-28-40-36(29-31)35-17-7-10-20-39(35)44(40)34-15-5-2-6-16-34/h1-29H. The topological polar surface area (TPSA) is 14.2 Å². The van der Waals surface area contributed by atoms with E-state index in [0.29, 0.717) is 0 Å². The average Bonchev–Trinajstić information content (AvgIpc) is 3.45. The number of hydrogen-bond donors (Lipinski definition) is 0. The number of ether oxygens (including phenoxy) is 1. The van der Waals surface area contributed by atoms with Gasteiger partial charge in [0.1, 0.15) is 11.5 Å². The summed E-state index contributed by atoms with van der Waals surface area (Å²) in [5.74, 6) is 1.79. The molecule has 7 aromatic carbocycles. The first-order valence-electron chi connectivity index (χ1n) is 15.4. The van der Waals surface area contributed by atoms with Crippen LogP contribution in [0.15, 0.2) is 176 Å². The van der Waals surface area contributed by atoms with Gasteiger partial charge in [0.2, 0.25) is 0 Å². The van der Waals surface area contributed by atoms with Crippen LogP contribution in [0.1, 0.15) is 22.3 Å². The highest BCUT2D eigenvalue weighted by Crippen LogP contribution is 2.55. The molecule has 0 spiro atoms. The molecule has 0 N–H and O–H groups in total. The van der Waals surface area contributed by atoms with Gasteiger partial charge >= 0.3 is 0 Å². The number of hydrogen-bond acceptors (Lipinski definition) is 1. The van der Waals surface area contributed by atoms with Gasteiger partial charge in [-0.25, -0.2) is 0 Å². The second-order valence-electron chi connectivity index (χ2n) is 11.7. The lowest BCUT2D eigenvalue weighted by molar-refractivity contribution is 0.434. The summed E-state index contributed by atoms with van der Waals surface area (Å²) in [5.41, 5.74) is 10.2. The van der Waals surface area contributed by atoms with Gasteiger partial charge in [0.25, 0.3) is 0 Å². The molecule has 0 radical (unpaired) electrons. The first kappa shape index (κ1) is 25.6. The Morgan fingerprint density at radius 2 is 0.933 bits per heavy atom. The van der Waals surface area contributed by atoms with Crippen molar-refractivity contribution in [3.63, 3.8) is 0 Å². The van der Waals surface area contributed by atoms with E-state index in [-0.39, 0.29) is 0 Å². The fourth-order valence-corrected chi connectivity index (χ4v) is 7.39. The molecule has 0 aliphatic carbocycles. The minimum absolute atomic E-state index is 0.516. The third-order valence-electron chi connectivity index (χ3n) is 9.35. The first-order valence-corrected chi connectivity index (χ1v) is 15.4. The second kappa shape index (κ2) is 10.1. The van der Waals surface area contributed by atoms with Crippen LogP contribution in [0.2, 0.25) is 0 Å². The smallest absolute Gasteiger partial charge is 0.132 e. The van der Waals surface area contributed by atoms with Crippen molar-refractivity contribution in [2.45, 2.75) is 5.41 Å². The van der Waals surface area contributed by atoms with Gasteiger partial charge in [-0.15, -0.1) is 0 Å². The molecule has 8 aromatic rings. The zero-order chi connectivity index (χ0) is 29.8. The van der Waals surface area contributed by atoms with Crippen molar-refractivity contribution < 1.29 is 4.74 Å². The van der Waals surface area contributed by atoms with Gasteiger partial charge in [0.15, 0.2) is 0 Å². The Hall–Kier alpha value is -5.86. The fourth-order valence-electron chi connectivity index (χ4n) is 7.39. The maximum absolute atomic E-state index is 6.48. The molecule has 0 fully saturated rings. The van der Waals surface area contributed by atoms with Crippen LogP contribution >= 0.6 is 0 Å². The molecule has 2 heterocycles. The Morgan fingerprint density at radius 3 is 1.64 bits per heavy atom.